The molecule has 132 valence electrons. The van der Waals surface area contributed by atoms with Gasteiger partial charge in [-0.3, -0.25) is 4.79 Å². The Morgan fingerprint density at radius 3 is 2.19 bits per heavy atom. The van der Waals surface area contributed by atoms with Crippen LogP contribution in [0.4, 0.5) is 17.3 Å². The van der Waals surface area contributed by atoms with Crippen molar-refractivity contribution in [3.8, 4) is 5.75 Å². The number of aromatic nitrogens is 2. The molecule has 2 aromatic carbocycles. The summed E-state index contributed by atoms with van der Waals surface area (Å²) in [6.07, 6.45) is 3.09. The van der Waals surface area contributed by atoms with Gasteiger partial charge >= 0.3 is 0 Å². The van der Waals surface area contributed by atoms with E-state index in [-0.39, 0.29) is 12.0 Å². The maximum Gasteiger partial charge on any atom is 0.258 e. The van der Waals surface area contributed by atoms with Gasteiger partial charge in [-0.1, -0.05) is 18.2 Å². The number of carbonyl (C=O) groups excluding carboxylic acids is 1. The predicted octanol–water partition coefficient (Wildman–Crippen LogP) is 4.26. The van der Waals surface area contributed by atoms with Crippen molar-refractivity contribution < 1.29 is 9.53 Å². The second kappa shape index (κ2) is 8.11. The monoisotopic (exact) mass is 348 g/mol. The van der Waals surface area contributed by atoms with E-state index in [4.69, 9.17) is 4.74 Å². The Bertz CT molecular complexity index is 847. The van der Waals surface area contributed by atoms with Gasteiger partial charge in [0.25, 0.3) is 5.91 Å². The Kier molecular flexibility index (Phi) is 5.43. The zero-order valence-electron chi connectivity index (χ0n) is 14.6. The zero-order valence-corrected chi connectivity index (χ0v) is 14.6. The Balaban J connectivity index is 1.61. The van der Waals surface area contributed by atoms with E-state index in [0.717, 1.165) is 11.4 Å². The van der Waals surface area contributed by atoms with Crippen molar-refractivity contribution in [3.05, 3.63) is 72.6 Å². The fourth-order valence-corrected chi connectivity index (χ4v) is 2.25. The molecule has 2 N–H and O–H groups in total. The Morgan fingerprint density at radius 2 is 1.58 bits per heavy atom. The van der Waals surface area contributed by atoms with Crippen molar-refractivity contribution in [1.82, 2.24) is 9.97 Å². The largest absolute Gasteiger partial charge is 0.491 e. The van der Waals surface area contributed by atoms with Gasteiger partial charge in [-0.2, -0.15) is 0 Å². The minimum atomic E-state index is -0.270. The molecule has 0 unspecified atom stereocenters. The van der Waals surface area contributed by atoms with Crippen molar-refractivity contribution >= 4 is 23.2 Å². The fraction of sp³-hybridized carbons (Fsp3) is 0.150. The number of amides is 1. The highest BCUT2D eigenvalue weighted by Crippen LogP contribution is 2.18. The summed E-state index contributed by atoms with van der Waals surface area (Å²) in [7, 11) is 0. The van der Waals surface area contributed by atoms with Crippen LogP contribution in [0, 0.1) is 0 Å². The number of para-hydroxylation sites is 1. The van der Waals surface area contributed by atoms with Crippen LogP contribution in [0.25, 0.3) is 0 Å². The minimum Gasteiger partial charge on any atom is -0.491 e. The maximum absolute atomic E-state index is 12.3. The third kappa shape index (κ3) is 4.80. The first kappa shape index (κ1) is 17.4. The molecule has 0 aliphatic rings. The molecule has 0 radical (unpaired) electrons. The number of nitrogens with one attached hydrogen (secondary N) is 2. The number of ether oxygens (including phenoxy) is 1. The number of rotatable bonds is 6. The summed E-state index contributed by atoms with van der Waals surface area (Å²) >= 11 is 0. The summed E-state index contributed by atoms with van der Waals surface area (Å²) in [5.74, 6) is 0.925. The highest BCUT2D eigenvalue weighted by Gasteiger charge is 2.08. The smallest absolute Gasteiger partial charge is 0.258 e. The van der Waals surface area contributed by atoms with Crippen LogP contribution in [0.1, 0.15) is 24.2 Å². The topological polar surface area (TPSA) is 76.1 Å². The molecule has 3 rings (SSSR count). The molecule has 0 bridgehead atoms. The van der Waals surface area contributed by atoms with E-state index in [2.05, 4.69) is 20.6 Å². The third-order valence-corrected chi connectivity index (χ3v) is 3.43. The first-order valence-electron chi connectivity index (χ1n) is 8.32. The van der Waals surface area contributed by atoms with Gasteiger partial charge in [0.1, 0.15) is 5.75 Å². The van der Waals surface area contributed by atoms with Crippen molar-refractivity contribution in [2.75, 3.05) is 10.6 Å². The van der Waals surface area contributed by atoms with E-state index in [0.29, 0.717) is 17.2 Å². The molecule has 1 heterocycles. The lowest BCUT2D eigenvalue weighted by molar-refractivity contribution is 0.102. The van der Waals surface area contributed by atoms with Crippen LogP contribution in [0.3, 0.4) is 0 Å². The number of carbonyl (C=O) groups is 1. The summed E-state index contributed by atoms with van der Waals surface area (Å²) < 4.78 is 5.58. The summed E-state index contributed by atoms with van der Waals surface area (Å²) in [4.78, 5) is 20.7. The summed E-state index contributed by atoms with van der Waals surface area (Å²) in [5.41, 5.74) is 1.94. The number of benzene rings is 2. The van der Waals surface area contributed by atoms with E-state index >= 15 is 0 Å². The molecule has 3 aromatic rings. The Morgan fingerprint density at radius 1 is 0.923 bits per heavy atom. The van der Waals surface area contributed by atoms with Crippen LogP contribution in [0.15, 0.2) is 67.0 Å². The molecule has 0 spiro atoms. The number of hydrogen-bond donors (Lipinski definition) is 2. The molecule has 0 fully saturated rings. The molecule has 0 aliphatic carbocycles. The van der Waals surface area contributed by atoms with E-state index in [1.807, 2.05) is 56.3 Å². The lowest BCUT2D eigenvalue weighted by Crippen LogP contribution is -2.13. The van der Waals surface area contributed by atoms with Gasteiger partial charge in [0.05, 0.1) is 11.7 Å². The fourth-order valence-electron chi connectivity index (χ4n) is 2.25. The van der Waals surface area contributed by atoms with Crippen LogP contribution in [-0.2, 0) is 0 Å². The number of hydrogen-bond acceptors (Lipinski definition) is 5. The van der Waals surface area contributed by atoms with E-state index in [9.17, 15) is 4.79 Å². The molecular formula is C20H20N4O2. The highest BCUT2D eigenvalue weighted by atomic mass is 16.5. The van der Waals surface area contributed by atoms with Gasteiger partial charge in [0.2, 0.25) is 5.95 Å². The first-order chi connectivity index (χ1) is 12.6. The average molecular weight is 348 g/mol. The van der Waals surface area contributed by atoms with E-state index in [1.165, 1.54) is 12.4 Å². The number of nitrogens with zero attached hydrogens (tertiary/aromatic N) is 2. The van der Waals surface area contributed by atoms with Crippen LogP contribution in [-0.4, -0.2) is 22.0 Å². The predicted molar refractivity (Wildman–Crippen MR) is 102 cm³/mol. The molecule has 0 saturated carbocycles. The van der Waals surface area contributed by atoms with Gasteiger partial charge < -0.3 is 15.4 Å². The van der Waals surface area contributed by atoms with Crippen LogP contribution < -0.4 is 15.4 Å². The maximum atomic E-state index is 12.3. The Labute approximate surface area is 152 Å². The molecule has 0 atom stereocenters. The van der Waals surface area contributed by atoms with Crippen molar-refractivity contribution in [3.63, 3.8) is 0 Å². The lowest BCUT2D eigenvalue weighted by atomic mass is 10.2. The number of anilines is 3. The van der Waals surface area contributed by atoms with Crippen molar-refractivity contribution in [2.45, 2.75) is 20.0 Å². The SMILES string of the molecule is CC(C)Oc1ccc(NC(=O)c2cnc(Nc3ccccc3)nc2)cc1. The summed E-state index contributed by atoms with van der Waals surface area (Å²) in [5, 5.41) is 5.89. The van der Waals surface area contributed by atoms with Crippen molar-refractivity contribution in [2.24, 2.45) is 0 Å². The Hall–Kier alpha value is -3.41. The van der Waals surface area contributed by atoms with Crippen LogP contribution in [0.2, 0.25) is 0 Å². The first-order valence-corrected chi connectivity index (χ1v) is 8.32. The standard InChI is InChI=1S/C20H20N4O2/c1-14(2)26-18-10-8-17(9-11-18)23-19(25)15-12-21-20(22-13-15)24-16-6-4-3-5-7-16/h3-14H,1-2H3,(H,23,25)(H,21,22,24). The van der Waals surface area contributed by atoms with Crippen LogP contribution >= 0.6 is 0 Å². The normalized spacial score (nSPS) is 10.4. The second-order valence-electron chi connectivity index (χ2n) is 5.93. The summed E-state index contributed by atoms with van der Waals surface area (Å²) in [6, 6.07) is 16.8. The molecular weight excluding hydrogens is 328 g/mol. The van der Waals surface area contributed by atoms with Gasteiger partial charge in [-0.15, -0.1) is 0 Å². The zero-order chi connectivity index (χ0) is 18.4. The van der Waals surface area contributed by atoms with Gasteiger partial charge in [-0.25, -0.2) is 9.97 Å². The third-order valence-electron chi connectivity index (χ3n) is 3.43. The molecule has 6 heteroatoms. The minimum absolute atomic E-state index is 0.107. The van der Waals surface area contributed by atoms with Crippen LogP contribution in [0.5, 0.6) is 5.75 Å². The molecule has 0 aliphatic heterocycles. The van der Waals surface area contributed by atoms with Crippen molar-refractivity contribution in [1.29, 1.82) is 0 Å². The van der Waals surface area contributed by atoms with Gasteiger partial charge in [-0.05, 0) is 50.2 Å². The molecule has 1 aromatic heterocycles. The molecule has 26 heavy (non-hydrogen) atoms. The quantitative estimate of drug-likeness (QED) is 0.696. The molecule has 0 saturated heterocycles. The average Bonchev–Trinajstić information content (AvgIpc) is 2.64. The lowest BCUT2D eigenvalue weighted by Gasteiger charge is -2.10. The van der Waals surface area contributed by atoms with E-state index in [1.54, 1.807) is 12.1 Å². The van der Waals surface area contributed by atoms with Gasteiger partial charge in [0.15, 0.2) is 0 Å². The van der Waals surface area contributed by atoms with E-state index < -0.39 is 0 Å². The second-order valence-corrected chi connectivity index (χ2v) is 5.93. The van der Waals surface area contributed by atoms with Gasteiger partial charge in [0, 0.05) is 23.8 Å². The highest BCUT2D eigenvalue weighted by molar-refractivity contribution is 6.03. The molecule has 1 amide bonds. The summed E-state index contributed by atoms with van der Waals surface area (Å²) in [6.45, 7) is 3.93. The molecule has 6 nitrogen and oxygen atoms in total.